The molecule has 1 amide bonds. The molecule has 19 heavy (non-hydrogen) atoms. The number of hydrogen-bond donors (Lipinski definition) is 0. The fraction of sp³-hybridized carbons (Fsp3) is 0.643. The molecule has 1 saturated heterocycles. The first-order valence-electron chi connectivity index (χ1n) is 6.86. The van der Waals surface area contributed by atoms with Crippen LogP contribution in [0.25, 0.3) is 0 Å². The molecule has 0 unspecified atom stereocenters. The van der Waals surface area contributed by atoms with Crippen LogP contribution >= 0.6 is 0 Å². The van der Waals surface area contributed by atoms with Gasteiger partial charge in [0, 0.05) is 25.9 Å². The Labute approximate surface area is 114 Å². The van der Waals surface area contributed by atoms with E-state index in [1.807, 2.05) is 18.7 Å². The first kappa shape index (κ1) is 13.9. The summed E-state index contributed by atoms with van der Waals surface area (Å²) < 4.78 is 5.46. The van der Waals surface area contributed by atoms with E-state index in [1.165, 1.54) is 0 Å². The Morgan fingerprint density at radius 3 is 3.00 bits per heavy atom. The van der Waals surface area contributed by atoms with Crippen LogP contribution in [0.1, 0.15) is 35.9 Å². The van der Waals surface area contributed by atoms with Crippen molar-refractivity contribution in [3.63, 3.8) is 0 Å². The van der Waals surface area contributed by atoms with Gasteiger partial charge in [-0.3, -0.25) is 9.78 Å². The molecule has 0 aromatic carbocycles. The molecule has 2 heterocycles. The van der Waals surface area contributed by atoms with E-state index in [0.717, 1.165) is 44.8 Å². The molecule has 0 aliphatic carbocycles. The number of rotatable bonds is 4. The van der Waals surface area contributed by atoms with E-state index in [-0.39, 0.29) is 5.91 Å². The van der Waals surface area contributed by atoms with Crippen LogP contribution in [-0.4, -0.2) is 47.1 Å². The van der Waals surface area contributed by atoms with Crippen molar-refractivity contribution in [2.45, 2.75) is 26.7 Å². The van der Waals surface area contributed by atoms with Crippen LogP contribution in [0.4, 0.5) is 0 Å². The van der Waals surface area contributed by atoms with Gasteiger partial charge in [-0.25, -0.2) is 4.98 Å². The summed E-state index contributed by atoms with van der Waals surface area (Å²) in [4.78, 5) is 22.5. The lowest BCUT2D eigenvalue weighted by Crippen LogP contribution is -2.41. The van der Waals surface area contributed by atoms with Crippen LogP contribution in [0.5, 0.6) is 0 Å². The van der Waals surface area contributed by atoms with Crippen LogP contribution in [0.2, 0.25) is 0 Å². The zero-order valence-corrected chi connectivity index (χ0v) is 11.6. The van der Waals surface area contributed by atoms with Gasteiger partial charge < -0.3 is 9.64 Å². The van der Waals surface area contributed by atoms with E-state index in [0.29, 0.717) is 11.6 Å². The molecule has 1 fully saturated rings. The van der Waals surface area contributed by atoms with Crippen LogP contribution in [-0.2, 0) is 4.74 Å². The van der Waals surface area contributed by atoms with Crippen molar-refractivity contribution in [1.29, 1.82) is 0 Å². The standard InChI is InChI=1S/C14H21N3O2/c1-3-19-10-12-5-4-6-17(9-12)14(18)13-8-15-11(2)7-16-13/h7-8,12H,3-6,9-10H2,1-2H3/t12-/m1/s1. The second-order valence-electron chi connectivity index (χ2n) is 4.96. The monoisotopic (exact) mass is 263 g/mol. The Hall–Kier alpha value is -1.49. The van der Waals surface area contributed by atoms with Gasteiger partial charge in [0.2, 0.25) is 0 Å². The maximum absolute atomic E-state index is 12.3. The number of nitrogens with zero attached hydrogens (tertiary/aromatic N) is 3. The van der Waals surface area contributed by atoms with E-state index in [4.69, 9.17) is 4.74 Å². The number of ether oxygens (including phenoxy) is 1. The first-order chi connectivity index (χ1) is 9.20. The van der Waals surface area contributed by atoms with Crippen molar-refractivity contribution in [2.75, 3.05) is 26.3 Å². The molecule has 0 spiro atoms. The lowest BCUT2D eigenvalue weighted by atomic mass is 9.99. The molecule has 1 atom stereocenters. The molecule has 0 bridgehead atoms. The maximum Gasteiger partial charge on any atom is 0.274 e. The zero-order valence-electron chi connectivity index (χ0n) is 11.6. The van der Waals surface area contributed by atoms with Gasteiger partial charge in [-0.2, -0.15) is 0 Å². The molecule has 1 aliphatic heterocycles. The number of amides is 1. The molecular weight excluding hydrogens is 242 g/mol. The van der Waals surface area contributed by atoms with Crippen molar-refractivity contribution < 1.29 is 9.53 Å². The second kappa shape index (κ2) is 6.61. The molecule has 2 rings (SSSR count). The molecule has 0 radical (unpaired) electrons. The van der Waals surface area contributed by atoms with E-state index < -0.39 is 0 Å². The SMILES string of the molecule is CCOC[C@@H]1CCCN(C(=O)c2cnc(C)cn2)C1. The number of aryl methyl sites for hydroxylation is 1. The van der Waals surface area contributed by atoms with Gasteiger partial charge in [-0.05, 0) is 32.6 Å². The van der Waals surface area contributed by atoms with Crippen molar-refractivity contribution >= 4 is 5.91 Å². The smallest absolute Gasteiger partial charge is 0.274 e. The van der Waals surface area contributed by atoms with Crippen molar-refractivity contribution in [2.24, 2.45) is 5.92 Å². The summed E-state index contributed by atoms with van der Waals surface area (Å²) in [5.41, 5.74) is 1.26. The molecule has 5 nitrogen and oxygen atoms in total. The maximum atomic E-state index is 12.3. The van der Waals surface area contributed by atoms with Crippen LogP contribution < -0.4 is 0 Å². The third-order valence-electron chi connectivity index (χ3n) is 3.36. The first-order valence-corrected chi connectivity index (χ1v) is 6.86. The van der Waals surface area contributed by atoms with Crippen LogP contribution in [0.15, 0.2) is 12.4 Å². The molecule has 104 valence electrons. The summed E-state index contributed by atoms with van der Waals surface area (Å²) in [7, 11) is 0. The molecule has 1 aliphatic rings. The lowest BCUT2D eigenvalue weighted by molar-refractivity contribution is 0.0496. The van der Waals surface area contributed by atoms with Gasteiger partial charge in [0.1, 0.15) is 5.69 Å². The number of likely N-dealkylation sites (tertiary alicyclic amines) is 1. The Morgan fingerprint density at radius 2 is 2.32 bits per heavy atom. The van der Waals surface area contributed by atoms with Crippen molar-refractivity contribution in [1.82, 2.24) is 14.9 Å². The third kappa shape index (κ3) is 3.73. The van der Waals surface area contributed by atoms with Gasteiger partial charge in [-0.1, -0.05) is 0 Å². The molecule has 5 heteroatoms. The fourth-order valence-electron chi connectivity index (χ4n) is 2.34. The molecule has 0 saturated carbocycles. The fourth-order valence-corrected chi connectivity index (χ4v) is 2.34. The highest BCUT2D eigenvalue weighted by Gasteiger charge is 2.25. The Balaban J connectivity index is 1.96. The minimum atomic E-state index is -0.0197. The van der Waals surface area contributed by atoms with E-state index in [1.54, 1.807) is 12.4 Å². The largest absolute Gasteiger partial charge is 0.381 e. The summed E-state index contributed by atoms with van der Waals surface area (Å²) in [6, 6.07) is 0. The van der Waals surface area contributed by atoms with Gasteiger partial charge in [0.15, 0.2) is 0 Å². The Kier molecular flexibility index (Phi) is 4.85. The van der Waals surface area contributed by atoms with E-state index in [9.17, 15) is 4.79 Å². The predicted octanol–water partition coefficient (Wildman–Crippen LogP) is 1.67. The summed E-state index contributed by atoms with van der Waals surface area (Å²) in [5, 5.41) is 0. The van der Waals surface area contributed by atoms with Gasteiger partial charge in [-0.15, -0.1) is 0 Å². The second-order valence-corrected chi connectivity index (χ2v) is 4.96. The Bertz CT molecular complexity index is 419. The van der Waals surface area contributed by atoms with Gasteiger partial charge >= 0.3 is 0 Å². The van der Waals surface area contributed by atoms with E-state index >= 15 is 0 Å². The summed E-state index contributed by atoms with van der Waals surface area (Å²) in [6.45, 7) is 6.88. The van der Waals surface area contributed by atoms with Gasteiger partial charge in [0.05, 0.1) is 18.5 Å². The lowest BCUT2D eigenvalue weighted by Gasteiger charge is -2.32. The van der Waals surface area contributed by atoms with Crippen molar-refractivity contribution in [3.8, 4) is 0 Å². The number of piperidine rings is 1. The minimum Gasteiger partial charge on any atom is -0.381 e. The molecular formula is C14H21N3O2. The van der Waals surface area contributed by atoms with Gasteiger partial charge in [0.25, 0.3) is 5.91 Å². The normalized spacial score (nSPS) is 19.5. The number of carbonyl (C=O) groups is 1. The molecule has 0 N–H and O–H groups in total. The average molecular weight is 263 g/mol. The minimum absolute atomic E-state index is 0.0197. The summed E-state index contributed by atoms with van der Waals surface area (Å²) in [5.74, 6) is 0.421. The highest BCUT2D eigenvalue weighted by Crippen LogP contribution is 2.18. The van der Waals surface area contributed by atoms with Crippen LogP contribution in [0, 0.1) is 12.8 Å². The van der Waals surface area contributed by atoms with Crippen molar-refractivity contribution in [3.05, 3.63) is 23.8 Å². The summed E-state index contributed by atoms with van der Waals surface area (Å²) >= 11 is 0. The topological polar surface area (TPSA) is 55.3 Å². The summed E-state index contributed by atoms with van der Waals surface area (Å²) in [6.07, 6.45) is 5.35. The zero-order chi connectivity index (χ0) is 13.7. The highest BCUT2D eigenvalue weighted by molar-refractivity contribution is 5.92. The quantitative estimate of drug-likeness (QED) is 0.829. The Morgan fingerprint density at radius 1 is 1.47 bits per heavy atom. The molecule has 1 aromatic heterocycles. The third-order valence-corrected chi connectivity index (χ3v) is 3.36. The number of carbonyl (C=O) groups excluding carboxylic acids is 1. The number of hydrogen-bond acceptors (Lipinski definition) is 4. The predicted molar refractivity (Wildman–Crippen MR) is 71.9 cm³/mol. The highest BCUT2D eigenvalue weighted by atomic mass is 16.5. The van der Waals surface area contributed by atoms with Crippen LogP contribution in [0.3, 0.4) is 0 Å². The van der Waals surface area contributed by atoms with E-state index in [2.05, 4.69) is 9.97 Å². The molecule has 1 aromatic rings. The number of aromatic nitrogens is 2. The average Bonchev–Trinajstić information content (AvgIpc) is 2.45.